The molecule has 6 nitrogen and oxygen atoms in total. The van der Waals surface area contributed by atoms with Gasteiger partial charge in [-0.2, -0.15) is 4.98 Å². The van der Waals surface area contributed by atoms with Gasteiger partial charge in [-0.3, -0.25) is 4.79 Å². The third-order valence-electron chi connectivity index (χ3n) is 4.49. The van der Waals surface area contributed by atoms with E-state index in [9.17, 15) is 9.18 Å². The van der Waals surface area contributed by atoms with Crippen LogP contribution in [0.3, 0.4) is 0 Å². The van der Waals surface area contributed by atoms with E-state index in [4.69, 9.17) is 4.52 Å². The summed E-state index contributed by atoms with van der Waals surface area (Å²) in [5, 5.41) is 7.26. The topological polar surface area (TPSA) is 71.3 Å². The van der Waals surface area contributed by atoms with Crippen molar-refractivity contribution in [1.29, 1.82) is 0 Å². The number of piperazine rings is 1. The molecular formula is C19H25FN4O2. The first-order valence-electron chi connectivity index (χ1n) is 8.93. The zero-order valence-corrected chi connectivity index (χ0v) is 15.5. The molecule has 3 rings (SSSR count). The molecule has 2 heterocycles. The number of nitrogens with one attached hydrogen (secondary N) is 1. The zero-order chi connectivity index (χ0) is 18.7. The molecule has 140 valence electrons. The number of rotatable bonds is 4. The molecule has 0 radical (unpaired) electrons. The molecule has 1 aliphatic heterocycles. The zero-order valence-electron chi connectivity index (χ0n) is 15.5. The molecule has 1 N–H and O–H groups in total. The number of benzene rings is 1. The average molecular weight is 360 g/mol. The Kier molecular flexibility index (Phi) is 5.36. The van der Waals surface area contributed by atoms with Crippen LogP contribution in [0.1, 0.15) is 50.5 Å². The van der Waals surface area contributed by atoms with Crippen LogP contribution >= 0.6 is 0 Å². The molecule has 2 aromatic rings. The summed E-state index contributed by atoms with van der Waals surface area (Å²) in [6.07, 6.45) is 0.694. The Hall–Kier alpha value is -2.28. The molecule has 1 unspecified atom stereocenters. The van der Waals surface area contributed by atoms with Crippen molar-refractivity contribution in [1.82, 2.24) is 20.4 Å². The molecule has 0 spiro atoms. The Bertz CT molecular complexity index is 769. The van der Waals surface area contributed by atoms with Crippen LogP contribution in [0.25, 0.3) is 0 Å². The van der Waals surface area contributed by atoms with Crippen molar-refractivity contribution in [3.8, 4) is 0 Å². The number of amides is 1. The van der Waals surface area contributed by atoms with E-state index in [1.165, 1.54) is 12.1 Å². The third-order valence-corrected chi connectivity index (χ3v) is 4.49. The molecule has 1 fully saturated rings. The van der Waals surface area contributed by atoms with E-state index in [-0.39, 0.29) is 29.6 Å². The molecule has 1 aromatic carbocycles. The van der Waals surface area contributed by atoms with Crippen LogP contribution in [0.15, 0.2) is 28.8 Å². The molecule has 26 heavy (non-hydrogen) atoms. The minimum atomic E-state index is -0.291. The second-order valence-corrected chi connectivity index (χ2v) is 7.62. The van der Waals surface area contributed by atoms with Gasteiger partial charge in [-0.05, 0) is 17.7 Å². The number of carbonyl (C=O) groups is 1. The number of hydrogen-bond acceptors (Lipinski definition) is 5. The number of carbonyl (C=O) groups excluding carboxylic acids is 1. The SMILES string of the molecule is CC(C)(C)c1noc(CCC(=O)N2CCNCC2c2cccc(F)c2)n1. The normalized spacial score (nSPS) is 18.2. The van der Waals surface area contributed by atoms with E-state index in [0.29, 0.717) is 31.2 Å². The monoisotopic (exact) mass is 360 g/mol. The van der Waals surface area contributed by atoms with Crippen molar-refractivity contribution in [2.24, 2.45) is 0 Å². The fourth-order valence-electron chi connectivity index (χ4n) is 3.03. The predicted molar refractivity (Wildman–Crippen MR) is 95.0 cm³/mol. The highest BCUT2D eigenvalue weighted by Gasteiger charge is 2.28. The van der Waals surface area contributed by atoms with Gasteiger partial charge in [0.2, 0.25) is 11.8 Å². The average Bonchev–Trinajstić information content (AvgIpc) is 3.09. The van der Waals surface area contributed by atoms with Crippen molar-refractivity contribution in [3.05, 3.63) is 47.4 Å². The molecule has 1 amide bonds. The summed E-state index contributed by atoms with van der Waals surface area (Å²) in [7, 11) is 0. The summed E-state index contributed by atoms with van der Waals surface area (Å²) < 4.78 is 18.8. The largest absolute Gasteiger partial charge is 0.339 e. The van der Waals surface area contributed by atoms with Crippen LogP contribution in [0.5, 0.6) is 0 Å². The molecule has 0 aliphatic carbocycles. The van der Waals surface area contributed by atoms with Crippen LogP contribution in [0.2, 0.25) is 0 Å². The summed E-state index contributed by atoms with van der Waals surface area (Å²) in [6.45, 7) is 7.97. The lowest BCUT2D eigenvalue weighted by Crippen LogP contribution is -2.48. The minimum Gasteiger partial charge on any atom is -0.339 e. The lowest BCUT2D eigenvalue weighted by molar-refractivity contribution is -0.134. The summed E-state index contributed by atoms with van der Waals surface area (Å²) in [4.78, 5) is 18.9. The fourth-order valence-corrected chi connectivity index (χ4v) is 3.03. The maximum Gasteiger partial charge on any atom is 0.227 e. The maximum absolute atomic E-state index is 13.6. The number of nitrogens with zero attached hydrogens (tertiary/aromatic N) is 3. The van der Waals surface area contributed by atoms with Crippen LogP contribution < -0.4 is 5.32 Å². The Morgan fingerprint density at radius 2 is 2.23 bits per heavy atom. The first kappa shape index (κ1) is 18.5. The van der Waals surface area contributed by atoms with Crippen LogP contribution in [0, 0.1) is 5.82 Å². The first-order valence-corrected chi connectivity index (χ1v) is 8.93. The van der Waals surface area contributed by atoms with Crippen LogP contribution in [0.4, 0.5) is 4.39 Å². The Labute approximate surface area is 152 Å². The van der Waals surface area contributed by atoms with Crippen molar-refractivity contribution < 1.29 is 13.7 Å². The van der Waals surface area contributed by atoms with Gasteiger partial charge in [-0.1, -0.05) is 38.1 Å². The quantitative estimate of drug-likeness (QED) is 0.907. The molecule has 0 saturated carbocycles. The minimum absolute atomic E-state index is 0.0104. The Morgan fingerprint density at radius 3 is 2.92 bits per heavy atom. The van der Waals surface area contributed by atoms with Gasteiger partial charge in [0, 0.05) is 37.9 Å². The van der Waals surface area contributed by atoms with Gasteiger partial charge in [0.05, 0.1) is 6.04 Å². The lowest BCUT2D eigenvalue weighted by atomic mass is 9.96. The van der Waals surface area contributed by atoms with E-state index in [2.05, 4.69) is 15.5 Å². The summed E-state index contributed by atoms with van der Waals surface area (Å²) in [5.41, 5.74) is 0.616. The molecule has 7 heteroatoms. The summed E-state index contributed by atoms with van der Waals surface area (Å²) in [5.74, 6) is 0.831. The second kappa shape index (κ2) is 7.53. The molecule has 1 saturated heterocycles. The van der Waals surface area contributed by atoms with Crippen molar-refractivity contribution in [2.75, 3.05) is 19.6 Å². The maximum atomic E-state index is 13.6. The summed E-state index contributed by atoms with van der Waals surface area (Å²) >= 11 is 0. The highest BCUT2D eigenvalue weighted by atomic mass is 19.1. The number of halogens is 1. The van der Waals surface area contributed by atoms with E-state index < -0.39 is 0 Å². The summed E-state index contributed by atoms with van der Waals surface area (Å²) in [6, 6.07) is 6.27. The van der Waals surface area contributed by atoms with Crippen LogP contribution in [-0.2, 0) is 16.6 Å². The van der Waals surface area contributed by atoms with E-state index in [1.54, 1.807) is 6.07 Å². The van der Waals surface area contributed by atoms with Gasteiger partial charge in [0.15, 0.2) is 5.82 Å². The van der Waals surface area contributed by atoms with Crippen molar-refractivity contribution >= 4 is 5.91 Å². The molecule has 1 atom stereocenters. The second-order valence-electron chi connectivity index (χ2n) is 7.62. The van der Waals surface area contributed by atoms with Crippen LogP contribution in [-0.4, -0.2) is 40.6 Å². The molecule has 0 bridgehead atoms. The third kappa shape index (κ3) is 4.27. The smallest absolute Gasteiger partial charge is 0.227 e. The first-order chi connectivity index (χ1) is 12.3. The molecular weight excluding hydrogens is 335 g/mol. The number of aromatic nitrogens is 2. The Morgan fingerprint density at radius 1 is 1.42 bits per heavy atom. The standard InChI is InChI=1S/C19H25FN4O2/c1-19(2,3)18-22-16(26-23-18)7-8-17(25)24-10-9-21-12-15(24)13-5-4-6-14(20)11-13/h4-6,11,15,21H,7-10,12H2,1-3H3. The number of hydrogen-bond donors (Lipinski definition) is 1. The predicted octanol–water partition coefficient (Wildman–Crippen LogP) is 2.61. The van der Waals surface area contributed by atoms with Gasteiger partial charge >= 0.3 is 0 Å². The highest BCUT2D eigenvalue weighted by Crippen LogP contribution is 2.24. The van der Waals surface area contributed by atoms with Gasteiger partial charge in [-0.15, -0.1) is 0 Å². The highest BCUT2D eigenvalue weighted by molar-refractivity contribution is 5.77. The lowest BCUT2D eigenvalue weighted by Gasteiger charge is -2.36. The van der Waals surface area contributed by atoms with Gasteiger partial charge in [0.1, 0.15) is 5.82 Å². The van der Waals surface area contributed by atoms with Crippen molar-refractivity contribution in [2.45, 2.75) is 45.1 Å². The fraction of sp³-hybridized carbons (Fsp3) is 0.526. The van der Waals surface area contributed by atoms with Gasteiger partial charge in [0.25, 0.3) is 0 Å². The molecule has 1 aromatic heterocycles. The molecule has 1 aliphatic rings. The number of aryl methyl sites for hydroxylation is 1. The van der Waals surface area contributed by atoms with Gasteiger partial charge in [-0.25, -0.2) is 4.39 Å². The van der Waals surface area contributed by atoms with E-state index in [0.717, 1.165) is 12.1 Å². The van der Waals surface area contributed by atoms with E-state index in [1.807, 2.05) is 31.7 Å². The van der Waals surface area contributed by atoms with E-state index >= 15 is 0 Å². The van der Waals surface area contributed by atoms with Crippen molar-refractivity contribution in [3.63, 3.8) is 0 Å². The Balaban J connectivity index is 1.66. The van der Waals surface area contributed by atoms with Gasteiger partial charge < -0.3 is 14.7 Å².